The number of hydrogen-bond acceptors (Lipinski definition) is 2. The molecule has 0 saturated carbocycles. The smallest absolute Gasteiger partial charge is 0.318 e. The number of carbonyl (C=O) groups excluding carboxylic acids is 1. The summed E-state index contributed by atoms with van der Waals surface area (Å²) in [5.74, 6) is 0. The van der Waals surface area contributed by atoms with E-state index in [1.54, 1.807) is 0 Å². The Morgan fingerprint density at radius 2 is 1.61 bits per heavy atom. The van der Waals surface area contributed by atoms with Crippen LogP contribution in [0.5, 0.6) is 0 Å². The van der Waals surface area contributed by atoms with Crippen molar-refractivity contribution in [3.8, 4) is 0 Å². The summed E-state index contributed by atoms with van der Waals surface area (Å²) in [6.45, 7) is 6.17. The van der Waals surface area contributed by atoms with Crippen molar-refractivity contribution in [1.82, 2.24) is 15.1 Å². The van der Waals surface area contributed by atoms with E-state index < -0.39 is 0 Å². The molecule has 0 aliphatic carbocycles. The van der Waals surface area contributed by atoms with Crippen molar-refractivity contribution in [2.75, 3.05) is 13.1 Å². The third-order valence-corrected chi connectivity index (χ3v) is 7.14. The average molecular weight is 506 g/mol. The maximum atomic E-state index is 13.3. The number of carbonyl (C=O) groups is 1. The van der Waals surface area contributed by atoms with Gasteiger partial charge in [-0.3, -0.25) is 4.90 Å². The van der Waals surface area contributed by atoms with E-state index in [-0.39, 0.29) is 12.1 Å². The highest BCUT2D eigenvalue weighted by atomic mass is 79.9. The number of halogens is 1. The van der Waals surface area contributed by atoms with Crippen LogP contribution < -0.4 is 5.32 Å². The fraction of sp³-hybridized carbons (Fsp3) is 0.321. The number of benzene rings is 3. The molecule has 3 aromatic rings. The average Bonchev–Trinajstić information content (AvgIpc) is 2.85. The summed E-state index contributed by atoms with van der Waals surface area (Å²) < 4.78 is 1.16. The topological polar surface area (TPSA) is 35.6 Å². The van der Waals surface area contributed by atoms with Gasteiger partial charge >= 0.3 is 6.03 Å². The SMILES string of the molecule is Cc1ccc(CNC(=O)N(Cc2ccccc2)C2CCN(Cc3ccccc3Br)CC2)cc1. The molecule has 4 nitrogen and oxygen atoms in total. The summed E-state index contributed by atoms with van der Waals surface area (Å²) in [5.41, 5.74) is 4.83. The van der Waals surface area contributed by atoms with Crippen LogP contribution in [0.2, 0.25) is 0 Å². The molecule has 0 atom stereocenters. The van der Waals surface area contributed by atoms with Crippen LogP contribution in [0.25, 0.3) is 0 Å². The van der Waals surface area contributed by atoms with Crippen LogP contribution in [0.1, 0.15) is 35.1 Å². The molecule has 1 fully saturated rings. The largest absolute Gasteiger partial charge is 0.334 e. The number of hydrogen-bond donors (Lipinski definition) is 1. The van der Waals surface area contributed by atoms with Crippen molar-refractivity contribution in [2.45, 2.75) is 45.4 Å². The Morgan fingerprint density at radius 3 is 2.30 bits per heavy atom. The van der Waals surface area contributed by atoms with Crippen molar-refractivity contribution in [2.24, 2.45) is 0 Å². The summed E-state index contributed by atoms with van der Waals surface area (Å²) in [5, 5.41) is 3.16. The number of nitrogens with one attached hydrogen (secondary N) is 1. The standard InChI is InChI=1S/C28H32BrN3O/c1-22-11-13-23(14-12-22)19-30-28(33)32(20-24-7-3-2-4-8-24)26-15-17-31(18-16-26)21-25-9-5-6-10-27(25)29/h2-14,26H,15-21H2,1H3,(H,30,33). The van der Waals surface area contributed by atoms with Crippen molar-refractivity contribution in [1.29, 1.82) is 0 Å². The molecular formula is C28H32BrN3O. The maximum Gasteiger partial charge on any atom is 0.318 e. The first-order valence-corrected chi connectivity index (χ1v) is 12.5. The molecule has 5 heteroatoms. The van der Waals surface area contributed by atoms with Gasteiger partial charge in [-0.1, -0.05) is 94.3 Å². The number of aryl methyl sites for hydroxylation is 1. The molecule has 0 aromatic heterocycles. The number of nitrogens with zero attached hydrogens (tertiary/aromatic N) is 2. The van der Waals surface area contributed by atoms with E-state index in [1.807, 2.05) is 23.1 Å². The fourth-order valence-corrected chi connectivity index (χ4v) is 4.80. The quantitative estimate of drug-likeness (QED) is 0.418. The number of piperidine rings is 1. The highest BCUT2D eigenvalue weighted by Gasteiger charge is 2.28. The minimum Gasteiger partial charge on any atom is -0.334 e. The minimum absolute atomic E-state index is 0.0173. The lowest BCUT2D eigenvalue weighted by molar-refractivity contribution is 0.113. The maximum absolute atomic E-state index is 13.3. The van der Waals surface area contributed by atoms with Gasteiger partial charge in [0.25, 0.3) is 0 Å². The molecule has 0 bridgehead atoms. The molecule has 0 radical (unpaired) electrons. The van der Waals surface area contributed by atoms with Gasteiger partial charge in [-0.25, -0.2) is 4.79 Å². The molecule has 0 unspecified atom stereocenters. The zero-order chi connectivity index (χ0) is 23.0. The first-order chi connectivity index (χ1) is 16.1. The number of rotatable bonds is 7. The van der Waals surface area contributed by atoms with Gasteiger partial charge in [0.1, 0.15) is 0 Å². The minimum atomic E-state index is 0.0173. The summed E-state index contributed by atoms with van der Waals surface area (Å²) >= 11 is 3.67. The lowest BCUT2D eigenvalue weighted by atomic mass is 10.0. The Balaban J connectivity index is 1.39. The molecule has 1 aliphatic rings. The van der Waals surface area contributed by atoms with Crippen LogP contribution in [-0.2, 0) is 19.6 Å². The van der Waals surface area contributed by atoms with Crippen LogP contribution in [0.4, 0.5) is 4.79 Å². The lowest BCUT2D eigenvalue weighted by Gasteiger charge is -2.38. The molecule has 0 spiro atoms. The Morgan fingerprint density at radius 1 is 0.939 bits per heavy atom. The van der Waals surface area contributed by atoms with Crippen molar-refractivity contribution in [3.63, 3.8) is 0 Å². The van der Waals surface area contributed by atoms with Gasteiger partial charge in [0.2, 0.25) is 0 Å². The summed E-state index contributed by atoms with van der Waals surface area (Å²) in [6.07, 6.45) is 1.96. The number of amides is 2. The first-order valence-electron chi connectivity index (χ1n) is 11.7. The van der Waals surface area contributed by atoms with E-state index in [2.05, 4.69) is 93.7 Å². The summed E-state index contributed by atoms with van der Waals surface area (Å²) in [4.78, 5) is 17.8. The Bertz CT molecular complexity index is 1030. The van der Waals surface area contributed by atoms with Gasteiger partial charge in [-0.15, -0.1) is 0 Å². The molecule has 3 aromatic carbocycles. The monoisotopic (exact) mass is 505 g/mol. The highest BCUT2D eigenvalue weighted by Crippen LogP contribution is 2.23. The van der Waals surface area contributed by atoms with Gasteiger partial charge in [0.05, 0.1) is 0 Å². The molecule has 1 aliphatic heterocycles. The zero-order valence-corrected chi connectivity index (χ0v) is 20.8. The number of urea groups is 1. The molecule has 1 heterocycles. The van der Waals surface area contributed by atoms with Gasteiger partial charge < -0.3 is 10.2 Å². The van der Waals surface area contributed by atoms with E-state index in [4.69, 9.17) is 0 Å². The lowest BCUT2D eigenvalue weighted by Crippen LogP contribution is -2.50. The Labute approximate surface area is 205 Å². The van der Waals surface area contributed by atoms with E-state index in [9.17, 15) is 4.79 Å². The summed E-state index contributed by atoms with van der Waals surface area (Å²) in [6, 6.07) is 27.3. The second-order valence-electron chi connectivity index (χ2n) is 8.86. The van der Waals surface area contributed by atoms with Gasteiger partial charge in [0, 0.05) is 43.2 Å². The molecule has 2 amide bonds. The van der Waals surface area contributed by atoms with E-state index in [1.165, 1.54) is 16.7 Å². The highest BCUT2D eigenvalue weighted by molar-refractivity contribution is 9.10. The zero-order valence-electron chi connectivity index (χ0n) is 19.2. The normalized spacial score (nSPS) is 14.7. The second-order valence-corrected chi connectivity index (χ2v) is 9.71. The molecular weight excluding hydrogens is 474 g/mol. The first kappa shape index (κ1) is 23.5. The third-order valence-electron chi connectivity index (χ3n) is 6.37. The van der Waals surface area contributed by atoms with Crippen molar-refractivity contribution in [3.05, 3.63) is 106 Å². The summed E-state index contributed by atoms with van der Waals surface area (Å²) in [7, 11) is 0. The van der Waals surface area contributed by atoms with E-state index in [0.29, 0.717) is 13.1 Å². The van der Waals surface area contributed by atoms with Crippen LogP contribution in [-0.4, -0.2) is 35.0 Å². The molecule has 4 rings (SSSR count). The van der Waals surface area contributed by atoms with E-state index in [0.717, 1.165) is 42.5 Å². The van der Waals surface area contributed by atoms with Crippen LogP contribution in [0.3, 0.4) is 0 Å². The fourth-order valence-electron chi connectivity index (χ4n) is 4.39. The van der Waals surface area contributed by atoms with Crippen molar-refractivity contribution < 1.29 is 4.79 Å². The number of likely N-dealkylation sites (tertiary alicyclic amines) is 1. The Hall–Kier alpha value is -2.63. The molecule has 1 saturated heterocycles. The third kappa shape index (κ3) is 6.68. The second kappa shape index (κ2) is 11.5. The molecule has 172 valence electrons. The van der Waals surface area contributed by atoms with Crippen LogP contribution in [0.15, 0.2) is 83.3 Å². The van der Waals surface area contributed by atoms with Gasteiger partial charge in [-0.2, -0.15) is 0 Å². The predicted octanol–water partition coefficient (Wildman–Crippen LogP) is 6.13. The van der Waals surface area contributed by atoms with Gasteiger partial charge in [0.15, 0.2) is 0 Å². The predicted molar refractivity (Wildman–Crippen MR) is 138 cm³/mol. The molecule has 33 heavy (non-hydrogen) atoms. The van der Waals surface area contributed by atoms with E-state index >= 15 is 0 Å². The molecule has 1 N–H and O–H groups in total. The van der Waals surface area contributed by atoms with Crippen molar-refractivity contribution >= 4 is 22.0 Å². The van der Waals surface area contributed by atoms with Gasteiger partial charge in [-0.05, 0) is 42.5 Å². The van der Waals surface area contributed by atoms with Crippen LogP contribution in [0, 0.1) is 6.92 Å². The van der Waals surface area contributed by atoms with Crippen LogP contribution >= 0.6 is 15.9 Å². The Kier molecular flexibility index (Phi) is 8.19.